The summed E-state index contributed by atoms with van der Waals surface area (Å²) in [5.74, 6) is 0.0821. The fourth-order valence-electron chi connectivity index (χ4n) is 2.58. The van der Waals surface area contributed by atoms with E-state index in [0.29, 0.717) is 18.0 Å². The molecule has 2 rings (SSSR count). The van der Waals surface area contributed by atoms with Gasteiger partial charge in [-0.3, -0.25) is 9.52 Å². The highest BCUT2D eigenvalue weighted by atomic mass is 32.2. The SMILES string of the molecule is CCOc1ccccc1NC(=O)c1ccccc1NS(=O)(=O)CC(C)(C)C. The number of carbonyl (C=O) groups excluding carboxylic acids is 1. The molecule has 0 atom stereocenters. The number of amides is 1. The zero-order chi connectivity index (χ0) is 20.1. The monoisotopic (exact) mass is 390 g/mol. The number of sulfonamides is 1. The third-order valence-corrected chi connectivity index (χ3v) is 5.27. The van der Waals surface area contributed by atoms with E-state index in [0.717, 1.165) is 0 Å². The summed E-state index contributed by atoms with van der Waals surface area (Å²) in [4.78, 5) is 12.8. The normalized spacial score (nSPS) is 11.7. The Hall–Kier alpha value is -2.54. The summed E-state index contributed by atoms with van der Waals surface area (Å²) in [6.45, 7) is 7.86. The molecular weight excluding hydrogens is 364 g/mol. The molecule has 146 valence electrons. The Balaban J connectivity index is 2.26. The fraction of sp³-hybridized carbons (Fsp3) is 0.350. The molecule has 0 aliphatic heterocycles. The third kappa shape index (κ3) is 6.29. The maximum atomic E-state index is 12.8. The van der Waals surface area contributed by atoms with Gasteiger partial charge in [-0.1, -0.05) is 45.0 Å². The zero-order valence-corrected chi connectivity index (χ0v) is 16.9. The fourth-order valence-corrected chi connectivity index (χ4v) is 4.31. The summed E-state index contributed by atoms with van der Waals surface area (Å²) >= 11 is 0. The highest BCUT2D eigenvalue weighted by Gasteiger charge is 2.23. The summed E-state index contributed by atoms with van der Waals surface area (Å²) in [6, 6.07) is 13.6. The van der Waals surface area contributed by atoms with E-state index in [4.69, 9.17) is 4.74 Å². The molecule has 0 heterocycles. The van der Waals surface area contributed by atoms with Crippen molar-refractivity contribution >= 4 is 27.3 Å². The first-order valence-corrected chi connectivity index (χ1v) is 10.4. The molecule has 0 aliphatic carbocycles. The van der Waals surface area contributed by atoms with Crippen molar-refractivity contribution in [3.63, 3.8) is 0 Å². The predicted octanol–water partition coefficient (Wildman–Crippen LogP) is 4.13. The Morgan fingerprint density at radius 3 is 2.22 bits per heavy atom. The minimum absolute atomic E-state index is 0.0525. The van der Waals surface area contributed by atoms with Crippen molar-refractivity contribution in [1.82, 2.24) is 0 Å². The second kappa shape index (κ2) is 8.43. The van der Waals surface area contributed by atoms with Crippen molar-refractivity contribution in [2.24, 2.45) is 5.41 Å². The standard InChI is InChI=1S/C20H26N2O4S/c1-5-26-18-13-9-8-12-17(18)21-19(23)15-10-6-7-11-16(15)22-27(24,25)14-20(2,3)4/h6-13,22H,5,14H2,1-4H3,(H,21,23). The van der Waals surface area contributed by atoms with Crippen LogP contribution < -0.4 is 14.8 Å². The minimum atomic E-state index is -3.59. The van der Waals surface area contributed by atoms with Gasteiger partial charge in [-0.25, -0.2) is 8.42 Å². The van der Waals surface area contributed by atoms with Crippen LogP contribution in [-0.2, 0) is 10.0 Å². The van der Waals surface area contributed by atoms with Crippen molar-refractivity contribution in [3.8, 4) is 5.75 Å². The first-order valence-electron chi connectivity index (χ1n) is 8.74. The van der Waals surface area contributed by atoms with Crippen molar-refractivity contribution in [3.05, 3.63) is 54.1 Å². The van der Waals surface area contributed by atoms with Crippen LogP contribution in [0.2, 0.25) is 0 Å². The lowest BCUT2D eigenvalue weighted by Gasteiger charge is -2.20. The number of carbonyl (C=O) groups is 1. The van der Waals surface area contributed by atoms with Crippen molar-refractivity contribution in [2.45, 2.75) is 27.7 Å². The number of rotatable bonds is 7. The van der Waals surface area contributed by atoms with E-state index in [1.54, 1.807) is 42.5 Å². The second-order valence-electron chi connectivity index (χ2n) is 7.35. The average Bonchev–Trinajstić information content (AvgIpc) is 2.54. The van der Waals surface area contributed by atoms with E-state index in [2.05, 4.69) is 10.0 Å². The van der Waals surface area contributed by atoms with E-state index in [-0.39, 0.29) is 17.0 Å². The third-order valence-electron chi connectivity index (χ3n) is 3.50. The Morgan fingerprint density at radius 1 is 1.00 bits per heavy atom. The van der Waals surface area contributed by atoms with Gasteiger partial charge >= 0.3 is 0 Å². The minimum Gasteiger partial charge on any atom is -0.492 e. The molecule has 0 saturated carbocycles. The summed E-state index contributed by atoms with van der Waals surface area (Å²) < 4.78 is 32.9. The average molecular weight is 391 g/mol. The van der Waals surface area contributed by atoms with Crippen LogP contribution in [-0.4, -0.2) is 26.7 Å². The molecule has 0 unspecified atom stereocenters. The molecule has 2 N–H and O–H groups in total. The molecule has 0 radical (unpaired) electrons. The van der Waals surface area contributed by atoms with Gasteiger partial charge in [0.2, 0.25) is 10.0 Å². The Labute approximate surface area is 161 Å². The largest absolute Gasteiger partial charge is 0.492 e. The van der Waals surface area contributed by atoms with Crippen molar-refractivity contribution < 1.29 is 17.9 Å². The lowest BCUT2D eigenvalue weighted by molar-refractivity contribution is 0.102. The number of nitrogens with one attached hydrogen (secondary N) is 2. The number of ether oxygens (including phenoxy) is 1. The molecule has 0 aliphatic rings. The van der Waals surface area contributed by atoms with Gasteiger partial charge in [0.05, 0.1) is 29.3 Å². The summed E-state index contributed by atoms with van der Waals surface area (Å²) in [5, 5.41) is 2.79. The Morgan fingerprint density at radius 2 is 1.59 bits per heavy atom. The van der Waals surface area contributed by atoms with Crippen molar-refractivity contribution in [2.75, 3.05) is 22.4 Å². The molecule has 0 saturated heterocycles. The van der Waals surface area contributed by atoms with Crippen LogP contribution in [0.1, 0.15) is 38.1 Å². The highest BCUT2D eigenvalue weighted by Crippen LogP contribution is 2.26. The maximum Gasteiger partial charge on any atom is 0.257 e. The van der Waals surface area contributed by atoms with Crippen LogP contribution in [0.4, 0.5) is 11.4 Å². The highest BCUT2D eigenvalue weighted by molar-refractivity contribution is 7.92. The van der Waals surface area contributed by atoms with E-state index in [1.165, 1.54) is 0 Å². The van der Waals surface area contributed by atoms with Crippen LogP contribution >= 0.6 is 0 Å². The van der Waals surface area contributed by atoms with Crippen molar-refractivity contribution in [1.29, 1.82) is 0 Å². The van der Waals surface area contributed by atoms with Gasteiger partial charge in [-0.15, -0.1) is 0 Å². The second-order valence-corrected chi connectivity index (χ2v) is 9.07. The molecule has 0 spiro atoms. The molecular formula is C20H26N2O4S. The quantitative estimate of drug-likeness (QED) is 0.745. The van der Waals surface area contributed by atoms with Gasteiger partial charge in [0, 0.05) is 0 Å². The topological polar surface area (TPSA) is 84.5 Å². The van der Waals surface area contributed by atoms with Gasteiger partial charge in [0.25, 0.3) is 5.91 Å². The first kappa shape index (κ1) is 20.8. The van der Waals surface area contributed by atoms with E-state index < -0.39 is 21.3 Å². The lowest BCUT2D eigenvalue weighted by Crippen LogP contribution is -2.27. The number of anilines is 2. The molecule has 6 nitrogen and oxygen atoms in total. The molecule has 1 amide bonds. The summed E-state index contributed by atoms with van der Waals surface area (Å²) in [6.07, 6.45) is 0. The maximum absolute atomic E-state index is 12.8. The number of hydrogen-bond acceptors (Lipinski definition) is 4. The smallest absolute Gasteiger partial charge is 0.257 e. The van der Waals surface area contributed by atoms with Gasteiger partial charge in [0.15, 0.2) is 0 Å². The van der Waals surface area contributed by atoms with Gasteiger partial charge < -0.3 is 10.1 Å². The number of para-hydroxylation sites is 3. The van der Waals surface area contributed by atoms with Gasteiger partial charge in [-0.2, -0.15) is 0 Å². The van der Waals surface area contributed by atoms with Crippen LogP contribution in [0.15, 0.2) is 48.5 Å². The van der Waals surface area contributed by atoms with Crippen LogP contribution in [0.3, 0.4) is 0 Å². The summed E-state index contributed by atoms with van der Waals surface area (Å²) in [7, 11) is -3.59. The Bertz CT molecular complexity index is 902. The molecule has 27 heavy (non-hydrogen) atoms. The molecule has 0 fully saturated rings. The summed E-state index contributed by atoms with van der Waals surface area (Å²) in [5.41, 5.74) is 0.602. The molecule has 0 bridgehead atoms. The molecule has 2 aromatic carbocycles. The van der Waals surface area contributed by atoms with Crippen LogP contribution in [0.5, 0.6) is 5.75 Å². The number of hydrogen-bond donors (Lipinski definition) is 2. The van der Waals surface area contributed by atoms with Crippen LogP contribution in [0, 0.1) is 5.41 Å². The van der Waals surface area contributed by atoms with E-state index >= 15 is 0 Å². The van der Waals surface area contributed by atoms with Crippen LogP contribution in [0.25, 0.3) is 0 Å². The number of benzene rings is 2. The predicted molar refractivity (Wildman–Crippen MR) is 109 cm³/mol. The van der Waals surface area contributed by atoms with E-state index in [1.807, 2.05) is 33.8 Å². The molecule has 7 heteroatoms. The van der Waals surface area contributed by atoms with E-state index in [9.17, 15) is 13.2 Å². The molecule has 0 aromatic heterocycles. The van der Waals surface area contributed by atoms with Gasteiger partial charge in [-0.05, 0) is 36.6 Å². The van der Waals surface area contributed by atoms with Gasteiger partial charge in [0.1, 0.15) is 5.75 Å². The zero-order valence-electron chi connectivity index (χ0n) is 16.1. The Kier molecular flexibility index (Phi) is 6.49. The molecule has 2 aromatic rings. The first-order chi connectivity index (χ1) is 12.6. The lowest BCUT2D eigenvalue weighted by atomic mass is 10.0.